The van der Waals surface area contributed by atoms with Crippen molar-refractivity contribution >= 4 is 23.5 Å². The zero-order valence-corrected chi connectivity index (χ0v) is 20.3. The zero-order chi connectivity index (χ0) is 26.6. The Kier molecular flexibility index (Phi) is 7.80. The third-order valence-electron chi connectivity index (χ3n) is 6.28. The zero-order valence-electron chi connectivity index (χ0n) is 20.3. The van der Waals surface area contributed by atoms with Crippen LogP contribution in [0.5, 0.6) is 0 Å². The summed E-state index contributed by atoms with van der Waals surface area (Å²) in [6.07, 6.45) is 5.61. The van der Waals surface area contributed by atoms with Gasteiger partial charge in [0.25, 0.3) is 5.91 Å². The molecule has 2 N–H and O–H groups in total. The summed E-state index contributed by atoms with van der Waals surface area (Å²) < 4.78 is 33.8. The number of hydrogen-bond donors (Lipinski definition) is 2. The van der Waals surface area contributed by atoms with Crippen LogP contribution in [0.15, 0.2) is 48.9 Å². The Morgan fingerprint density at radius 1 is 1.08 bits per heavy atom. The number of halogens is 3. The summed E-state index contributed by atoms with van der Waals surface area (Å²) in [6.45, 7) is 4.94. The Morgan fingerprint density at radius 3 is 2.27 bits per heavy atom. The van der Waals surface area contributed by atoms with Gasteiger partial charge >= 0.3 is 12.1 Å². The number of aromatic nitrogens is 3. The maximum absolute atomic E-state index is 13.1. The van der Waals surface area contributed by atoms with Crippen molar-refractivity contribution in [3.05, 3.63) is 60.2 Å². The highest BCUT2D eigenvalue weighted by Crippen LogP contribution is 2.33. The standard InChI is InChI=1S/C24H27N5O.C2HF3O2/c1-17-6-2-3-7-21(17)27-23(30)22-12-19(16-29(22)15-18-8-9-18)20-13-25-24(26-14-20)28-10-4-5-11-28;3-2(4,5)1(6)7/h2-3,6-7,12-14,16,18H,4-5,8-11,15H2,1H3,(H,27,30);(H,6,7). The second-order valence-electron chi connectivity index (χ2n) is 9.25. The van der Waals surface area contributed by atoms with Gasteiger partial charge in [0, 0.05) is 55.0 Å². The Hall–Kier alpha value is -3.89. The minimum Gasteiger partial charge on any atom is -0.475 e. The average Bonchev–Trinajstić information content (AvgIpc) is 3.32. The van der Waals surface area contributed by atoms with Crippen LogP contribution in [-0.4, -0.2) is 50.8 Å². The largest absolute Gasteiger partial charge is 0.490 e. The van der Waals surface area contributed by atoms with Gasteiger partial charge in [-0.25, -0.2) is 14.8 Å². The fraction of sp³-hybridized carbons (Fsp3) is 0.385. The van der Waals surface area contributed by atoms with Crippen molar-refractivity contribution in [3.8, 4) is 11.1 Å². The molecule has 0 atom stereocenters. The maximum atomic E-state index is 13.1. The van der Waals surface area contributed by atoms with E-state index < -0.39 is 12.1 Å². The number of amides is 1. The number of benzene rings is 1. The van der Waals surface area contributed by atoms with E-state index in [1.807, 2.05) is 49.6 Å². The number of alkyl halides is 3. The molecule has 0 radical (unpaired) electrons. The van der Waals surface area contributed by atoms with E-state index in [9.17, 15) is 18.0 Å². The van der Waals surface area contributed by atoms with Gasteiger partial charge in [-0.2, -0.15) is 13.2 Å². The van der Waals surface area contributed by atoms with Gasteiger partial charge in [-0.05, 0) is 56.2 Å². The molecule has 1 amide bonds. The molecule has 0 unspecified atom stereocenters. The molecule has 1 aromatic carbocycles. The van der Waals surface area contributed by atoms with Crippen molar-refractivity contribution < 1.29 is 27.9 Å². The summed E-state index contributed by atoms with van der Waals surface area (Å²) in [4.78, 5) is 33.4. The molecular weight excluding hydrogens is 487 g/mol. The highest BCUT2D eigenvalue weighted by atomic mass is 19.4. The van der Waals surface area contributed by atoms with Gasteiger partial charge in [0.1, 0.15) is 5.69 Å². The lowest BCUT2D eigenvalue weighted by Crippen LogP contribution is -2.21. The molecule has 0 spiro atoms. The third kappa shape index (κ3) is 6.87. The van der Waals surface area contributed by atoms with Crippen LogP contribution in [0.1, 0.15) is 41.7 Å². The summed E-state index contributed by atoms with van der Waals surface area (Å²) in [5.41, 5.74) is 4.51. The Labute approximate surface area is 212 Å². The van der Waals surface area contributed by atoms with E-state index in [2.05, 4.69) is 30.9 Å². The SMILES string of the molecule is Cc1ccccc1NC(=O)c1cc(-c2cnc(N3CCCC3)nc2)cn1CC1CC1.O=C(O)C(F)(F)F. The van der Waals surface area contributed by atoms with Crippen molar-refractivity contribution in [2.45, 2.75) is 45.3 Å². The van der Waals surface area contributed by atoms with Gasteiger partial charge in [-0.15, -0.1) is 0 Å². The number of nitrogens with zero attached hydrogens (tertiary/aromatic N) is 4. The van der Waals surface area contributed by atoms with E-state index in [4.69, 9.17) is 9.90 Å². The number of anilines is 2. The van der Waals surface area contributed by atoms with E-state index in [0.29, 0.717) is 11.6 Å². The van der Waals surface area contributed by atoms with Crippen LogP contribution < -0.4 is 10.2 Å². The lowest BCUT2D eigenvalue weighted by molar-refractivity contribution is -0.192. The first-order valence-electron chi connectivity index (χ1n) is 12.1. The lowest BCUT2D eigenvalue weighted by Gasteiger charge is -2.14. The number of aliphatic carboxylic acids is 1. The summed E-state index contributed by atoms with van der Waals surface area (Å²) in [7, 11) is 0. The molecule has 3 aromatic rings. The topological polar surface area (TPSA) is 100 Å². The number of carboxylic acids is 1. The highest BCUT2D eigenvalue weighted by molar-refractivity contribution is 6.04. The molecule has 37 heavy (non-hydrogen) atoms. The van der Waals surface area contributed by atoms with Crippen LogP contribution in [-0.2, 0) is 11.3 Å². The van der Waals surface area contributed by atoms with Crippen molar-refractivity contribution in [2.75, 3.05) is 23.3 Å². The van der Waals surface area contributed by atoms with E-state index in [0.717, 1.165) is 48.0 Å². The van der Waals surface area contributed by atoms with Crippen LogP contribution in [0.2, 0.25) is 0 Å². The molecule has 196 valence electrons. The number of para-hydroxylation sites is 1. The smallest absolute Gasteiger partial charge is 0.475 e. The van der Waals surface area contributed by atoms with Crippen molar-refractivity contribution in [2.24, 2.45) is 5.92 Å². The highest BCUT2D eigenvalue weighted by Gasteiger charge is 2.38. The van der Waals surface area contributed by atoms with Crippen LogP contribution in [0.3, 0.4) is 0 Å². The molecule has 1 aliphatic heterocycles. The Bertz CT molecular complexity index is 1250. The fourth-order valence-corrected chi connectivity index (χ4v) is 4.04. The number of carbonyl (C=O) groups is 2. The van der Waals surface area contributed by atoms with E-state index in [1.54, 1.807) is 0 Å². The molecule has 0 bridgehead atoms. The van der Waals surface area contributed by atoms with Gasteiger partial charge in [-0.1, -0.05) is 18.2 Å². The van der Waals surface area contributed by atoms with Gasteiger partial charge < -0.3 is 19.9 Å². The molecule has 11 heteroatoms. The molecule has 8 nitrogen and oxygen atoms in total. The van der Waals surface area contributed by atoms with Gasteiger partial charge in [0.2, 0.25) is 5.95 Å². The van der Waals surface area contributed by atoms with Gasteiger partial charge in [-0.3, -0.25) is 4.79 Å². The minimum absolute atomic E-state index is 0.0780. The van der Waals surface area contributed by atoms with Crippen LogP contribution >= 0.6 is 0 Å². The molecule has 1 saturated heterocycles. The number of carbonyl (C=O) groups excluding carboxylic acids is 1. The van der Waals surface area contributed by atoms with Gasteiger partial charge in [0.05, 0.1) is 0 Å². The second kappa shape index (κ2) is 11.0. The van der Waals surface area contributed by atoms with Crippen molar-refractivity contribution in [1.29, 1.82) is 0 Å². The third-order valence-corrected chi connectivity index (χ3v) is 6.28. The Morgan fingerprint density at radius 2 is 1.70 bits per heavy atom. The predicted molar refractivity (Wildman–Crippen MR) is 132 cm³/mol. The minimum atomic E-state index is -5.08. The Balaban J connectivity index is 0.000000405. The van der Waals surface area contributed by atoms with Crippen LogP contribution in [0.25, 0.3) is 11.1 Å². The summed E-state index contributed by atoms with van der Waals surface area (Å²) in [5, 5.41) is 10.2. The number of nitrogens with one attached hydrogen (secondary N) is 1. The molecule has 1 saturated carbocycles. The summed E-state index contributed by atoms with van der Waals surface area (Å²) in [5.74, 6) is -1.37. The quantitative estimate of drug-likeness (QED) is 0.471. The first kappa shape index (κ1) is 26.2. The molecular formula is C26H28F3N5O3. The van der Waals surface area contributed by atoms with E-state index in [-0.39, 0.29) is 5.91 Å². The van der Waals surface area contributed by atoms with Crippen LogP contribution in [0, 0.1) is 12.8 Å². The summed E-state index contributed by atoms with van der Waals surface area (Å²) in [6, 6.07) is 9.82. The van der Waals surface area contributed by atoms with Crippen molar-refractivity contribution in [1.82, 2.24) is 14.5 Å². The number of carboxylic acid groups (broad SMARTS) is 1. The number of rotatable bonds is 6. The van der Waals surface area contributed by atoms with E-state index >= 15 is 0 Å². The second-order valence-corrected chi connectivity index (χ2v) is 9.25. The molecule has 2 aliphatic rings. The van der Waals surface area contributed by atoms with Gasteiger partial charge in [0.15, 0.2) is 0 Å². The number of aryl methyl sites for hydroxylation is 1. The molecule has 2 fully saturated rings. The normalized spacial score (nSPS) is 15.2. The number of hydrogen-bond acceptors (Lipinski definition) is 5. The average molecular weight is 516 g/mol. The van der Waals surface area contributed by atoms with E-state index in [1.165, 1.54) is 25.7 Å². The molecule has 5 rings (SSSR count). The fourth-order valence-electron chi connectivity index (χ4n) is 4.04. The monoisotopic (exact) mass is 515 g/mol. The first-order chi connectivity index (χ1) is 17.6. The first-order valence-corrected chi connectivity index (χ1v) is 12.1. The van der Waals surface area contributed by atoms with Crippen molar-refractivity contribution in [3.63, 3.8) is 0 Å². The molecule has 1 aliphatic carbocycles. The predicted octanol–water partition coefficient (Wildman–Crippen LogP) is 5.15. The summed E-state index contributed by atoms with van der Waals surface area (Å²) >= 11 is 0. The molecule has 2 aromatic heterocycles. The van der Waals surface area contributed by atoms with Crippen LogP contribution in [0.4, 0.5) is 24.8 Å². The molecule has 3 heterocycles. The lowest BCUT2D eigenvalue weighted by atomic mass is 10.1. The maximum Gasteiger partial charge on any atom is 0.490 e.